The molecule has 1 heterocycles. The zero-order valence-electron chi connectivity index (χ0n) is 11.3. The lowest BCUT2D eigenvalue weighted by molar-refractivity contribution is 0.0696. The van der Waals surface area contributed by atoms with Crippen molar-refractivity contribution in [1.29, 1.82) is 0 Å². The zero-order valence-corrected chi connectivity index (χ0v) is 12.0. The minimum absolute atomic E-state index is 0.109. The maximum Gasteiger partial charge on any atom is 0.335 e. The summed E-state index contributed by atoms with van der Waals surface area (Å²) in [5.74, 6) is -1.41. The molecule has 0 radical (unpaired) electrons. The lowest BCUT2D eigenvalue weighted by Gasteiger charge is -2.04. The number of nitrogens with one attached hydrogen (secondary N) is 2. The average Bonchev–Trinajstić information content (AvgIpc) is 2.93. The average molecular weight is 315 g/mol. The number of carbonyl (C=O) groups excluding carboxylic acids is 1. The molecule has 22 heavy (non-hydrogen) atoms. The van der Waals surface area contributed by atoms with Crippen molar-refractivity contribution in [1.82, 2.24) is 4.98 Å². The third kappa shape index (κ3) is 2.66. The molecule has 0 unspecified atom stereocenters. The number of benzene rings is 2. The number of carbonyl (C=O) groups is 2. The van der Waals surface area contributed by atoms with Gasteiger partial charge in [0.2, 0.25) is 0 Å². The van der Waals surface area contributed by atoms with E-state index in [4.69, 9.17) is 16.7 Å². The monoisotopic (exact) mass is 314 g/mol. The number of amides is 1. The largest absolute Gasteiger partial charge is 0.478 e. The van der Waals surface area contributed by atoms with Crippen molar-refractivity contribution in [2.75, 3.05) is 5.32 Å². The molecule has 6 heteroatoms. The van der Waals surface area contributed by atoms with Gasteiger partial charge in [-0.2, -0.15) is 0 Å². The number of hydrogen-bond donors (Lipinski definition) is 3. The number of H-pyrrole nitrogens is 1. The van der Waals surface area contributed by atoms with E-state index in [9.17, 15) is 9.59 Å². The smallest absolute Gasteiger partial charge is 0.335 e. The summed E-state index contributed by atoms with van der Waals surface area (Å²) in [5.41, 5.74) is 1.56. The Balaban J connectivity index is 1.88. The molecular formula is C16H11ClN2O3. The van der Waals surface area contributed by atoms with Gasteiger partial charge in [0.25, 0.3) is 5.91 Å². The lowest BCUT2D eigenvalue weighted by atomic mass is 10.2. The number of rotatable bonds is 3. The second-order valence-corrected chi connectivity index (χ2v) is 5.13. The van der Waals surface area contributed by atoms with E-state index in [0.29, 0.717) is 21.9 Å². The summed E-state index contributed by atoms with van der Waals surface area (Å²) in [5, 5.41) is 13.0. The van der Waals surface area contributed by atoms with Gasteiger partial charge in [0.15, 0.2) is 0 Å². The van der Waals surface area contributed by atoms with E-state index < -0.39 is 5.97 Å². The second-order valence-electron chi connectivity index (χ2n) is 4.73. The van der Waals surface area contributed by atoms with Crippen molar-refractivity contribution in [2.24, 2.45) is 0 Å². The molecule has 5 nitrogen and oxygen atoms in total. The first kappa shape index (κ1) is 14.2. The van der Waals surface area contributed by atoms with Crippen molar-refractivity contribution >= 4 is 40.1 Å². The summed E-state index contributed by atoms with van der Waals surface area (Å²) in [6.45, 7) is 0. The van der Waals surface area contributed by atoms with Crippen LogP contribution in [0.4, 0.5) is 5.69 Å². The van der Waals surface area contributed by atoms with E-state index in [1.165, 1.54) is 12.1 Å². The topological polar surface area (TPSA) is 82.2 Å². The molecule has 0 saturated heterocycles. The number of fused-ring (bicyclic) bond motifs is 1. The molecule has 3 aromatic rings. The van der Waals surface area contributed by atoms with Gasteiger partial charge in [-0.1, -0.05) is 29.8 Å². The Bertz CT molecular complexity index is 886. The number of aromatic amines is 1. The molecule has 0 atom stereocenters. The molecule has 1 amide bonds. The molecule has 0 aliphatic carbocycles. The summed E-state index contributed by atoms with van der Waals surface area (Å²) in [7, 11) is 0. The summed E-state index contributed by atoms with van der Waals surface area (Å²) in [4.78, 5) is 26.1. The van der Waals surface area contributed by atoms with Gasteiger partial charge < -0.3 is 15.4 Å². The molecular weight excluding hydrogens is 304 g/mol. The van der Waals surface area contributed by atoms with E-state index in [2.05, 4.69) is 10.3 Å². The lowest BCUT2D eigenvalue weighted by Crippen LogP contribution is -2.12. The molecule has 0 bridgehead atoms. The molecule has 0 aliphatic rings. The Kier molecular flexibility index (Phi) is 3.56. The maximum absolute atomic E-state index is 12.2. The Hall–Kier alpha value is -2.79. The van der Waals surface area contributed by atoms with E-state index in [1.54, 1.807) is 30.3 Å². The van der Waals surface area contributed by atoms with Gasteiger partial charge in [0, 0.05) is 11.1 Å². The predicted octanol–water partition coefficient (Wildman–Crippen LogP) is 3.77. The van der Waals surface area contributed by atoms with Crippen LogP contribution in [0.15, 0.2) is 48.5 Å². The zero-order chi connectivity index (χ0) is 15.7. The van der Waals surface area contributed by atoms with Crippen LogP contribution in [0, 0.1) is 0 Å². The van der Waals surface area contributed by atoms with Crippen LogP contribution in [0.1, 0.15) is 20.8 Å². The fraction of sp³-hybridized carbons (Fsp3) is 0. The molecule has 1 aromatic heterocycles. The van der Waals surface area contributed by atoms with Gasteiger partial charge in [-0.25, -0.2) is 4.79 Å². The molecule has 0 spiro atoms. The van der Waals surface area contributed by atoms with Crippen LogP contribution < -0.4 is 5.32 Å². The van der Waals surface area contributed by atoms with Crippen LogP contribution in [0.5, 0.6) is 0 Å². The van der Waals surface area contributed by atoms with Crippen molar-refractivity contribution in [3.8, 4) is 0 Å². The minimum atomic E-state index is -1.05. The van der Waals surface area contributed by atoms with Crippen LogP contribution in [-0.4, -0.2) is 22.0 Å². The number of halogens is 1. The van der Waals surface area contributed by atoms with E-state index in [1.807, 2.05) is 6.07 Å². The number of anilines is 1. The molecule has 0 saturated carbocycles. The molecule has 110 valence electrons. The van der Waals surface area contributed by atoms with E-state index in [0.717, 1.165) is 5.39 Å². The Morgan fingerprint density at radius 1 is 1.09 bits per heavy atom. The van der Waals surface area contributed by atoms with Crippen LogP contribution in [0.25, 0.3) is 10.9 Å². The Labute approximate surface area is 130 Å². The van der Waals surface area contributed by atoms with Gasteiger partial charge in [-0.15, -0.1) is 0 Å². The fourth-order valence-electron chi connectivity index (χ4n) is 2.17. The highest BCUT2D eigenvalue weighted by Gasteiger charge is 2.12. The van der Waals surface area contributed by atoms with Crippen molar-refractivity contribution in [3.63, 3.8) is 0 Å². The number of carboxylic acid groups (broad SMARTS) is 1. The fourth-order valence-corrected chi connectivity index (χ4v) is 2.40. The van der Waals surface area contributed by atoms with Crippen molar-refractivity contribution in [3.05, 3.63) is 64.8 Å². The summed E-state index contributed by atoms with van der Waals surface area (Å²) in [6.07, 6.45) is 0. The normalized spacial score (nSPS) is 10.6. The molecule has 3 N–H and O–H groups in total. The maximum atomic E-state index is 12.2. The second kappa shape index (κ2) is 5.54. The SMILES string of the molecule is O=C(O)c1cccc(NC(=O)c2cc3cccc(Cl)c3[nH]2)c1. The van der Waals surface area contributed by atoms with Gasteiger partial charge in [0.05, 0.1) is 16.1 Å². The Morgan fingerprint density at radius 3 is 2.59 bits per heavy atom. The molecule has 0 fully saturated rings. The number of hydrogen-bond acceptors (Lipinski definition) is 2. The minimum Gasteiger partial charge on any atom is -0.478 e. The quantitative estimate of drug-likeness (QED) is 0.688. The van der Waals surface area contributed by atoms with Crippen LogP contribution >= 0.6 is 11.6 Å². The van der Waals surface area contributed by atoms with Crippen molar-refractivity contribution in [2.45, 2.75) is 0 Å². The van der Waals surface area contributed by atoms with E-state index >= 15 is 0 Å². The number of carboxylic acids is 1. The highest BCUT2D eigenvalue weighted by atomic mass is 35.5. The summed E-state index contributed by atoms with van der Waals surface area (Å²) >= 11 is 6.06. The number of aromatic nitrogens is 1. The highest BCUT2D eigenvalue weighted by Crippen LogP contribution is 2.24. The molecule has 3 rings (SSSR count). The number of aromatic carboxylic acids is 1. The number of para-hydroxylation sites is 1. The first-order valence-corrected chi connectivity index (χ1v) is 6.84. The Morgan fingerprint density at radius 2 is 1.86 bits per heavy atom. The van der Waals surface area contributed by atoms with Crippen LogP contribution in [0.3, 0.4) is 0 Å². The van der Waals surface area contributed by atoms with Gasteiger partial charge in [-0.05, 0) is 30.3 Å². The van der Waals surface area contributed by atoms with Gasteiger partial charge >= 0.3 is 5.97 Å². The first-order valence-electron chi connectivity index (χ1n) is 6.46. The molecule has 0 aliphatic heterocycles. The van der Waals surface area contributed by atoms with Gasteiger partial charge in [-0.3, -0.25) is 4.79 Å². The summed E-state index contributed by atoms with van der Waals surface area (Å²) < 4.78 is 0. The van der Waals surface area contributed by atoms with Crippen LogP contribution in [-0.2, 0) is 0 Å². The molecule has 2 aromatic carbocycles. The van der Waals surface area contributed by atoms with Crippen molar-refractivity contribution < 1.29 is 14.7 Å². The third-order valence-corrected chi connectivity index (χ3v) is 3.53. The van der Waals surface area contributed by atoms with E-state index in [-0.39, 0.29) is 11.5 Å². The highest BCUT2D eigenvalue weighted by molar-refractivity contribution is 6.35. The predicted molar refractivity (Wildman–Crippen MR) is 84.7 cm³/mol. The summed E-state index contributed by atoms with van der Waals surface area (Å²) in [6, 6.07) is 13.1. The van der Waals surface area contributed by atoms with Crippen LogP contribution in [0.2, 0.25) is 5.02 Å². The first-order chi connectivity index (χ1) is 10.5. The standard InChI is InChI=1S/C16H11ClN2O3/c17-12-6-2-3-9-8-13(19-14(9)12)15(20)18-11-5-1-4-10(7-11)16(21)22/h1-8,19H,(H,18,20)(H,21,22). The van der Waals surface area contributed by atoms with Gasteiger partial charge in [0.1, 0.15) is 5.69 Å². The third-order valence-electron chi connectivity index (χ3n) is 3.22.